The van der Waals surface area contributed by atoms with E-state index in [-0.39, 0.29) is 0 Å². The number of anilines is 3. The lowest BCUT2D eigenvalue weighted by molar-refractivity contribution is -0.109. The van der Waals surface area contributed by atoms with Crippen LogP contribution in [0.3, 0.4) is 0 Å². The smallest absolute Gasteiger partial charge is 0.146 e. The summed E-state index contributed by atoms with van der Waals surface area (Å²) in [5, 5.41) is 6.54. The number of nitrogens with zero attached hydrogens (tertiary/aromatic N) is 3. The summed E-state index contributed by atoms with van der Waals surface area (Å²) >= 11 is 0. The molecule has 1 atom stereocenters. The number of rotatable bonds is 5. The van der Waals surface area contributed by atoms with Crippen LogP contribution in [-0.4, -0.2) is 49.4 Å². The number of aromatic nitrogens is 1. The Morgan fingerprint density at radius 1 is 1.16 bits per heavy atom. The molecule has 0 spiro atoms. The zero-order valence-corrected chi connectivity index (χ0v) is 17.4. The summed E-state index contributed by atoms with van der Waals surface area (Å²) < 4.78 is 5.24. The fraction of sp³-hybridized carbons (Fsp3) is 0.250. The van der Waals surface area contributed by atoms with E-state index in [1.807, 2.05) is 18.2 Å². The molecule has 2 aliphatic rings. The molecule has 5 rings (SSSR count). The highest BCUT2D eigenvalue weighted by atomic mass is 16.3. The summed E-state index contributed by atoms with van der Waals surface area (Å²) in [5.41, 5.74) is 5.63. The number of aldehydes is 1. The molecule has 4 heterocycles. The first-order chi connectivity index (χ1) is 15.2. The monoisotopic (exact) mass is 415 g/mol. The van der Waals surface area contributed by atoms with E-state index in [1.54, 1.807) is 18.7 Å². The second kappa shape index (κ2) is 8.28. The van der Waals surface area contributed by atoms with Crippen molar-refractivity contribution in [2.24, 2.45) is 0 Å². The predicted octanol–water partition coefficient (Wildman–Crippen LogP) is 3.65. The van der Waals surface area contributed by atoms with E-state index < -0.39 is 6.04 Å². The molecule has 7 heteroatoms. The van der Waals surface area contributed by atoms with E-state index in [0.29, 0.717) is 5.82 Å². The molecule has 3 aromatic rings. The van der Waals surface area contributed by atoms with Gasteiger partial charge in [-0.25, -0.2) is 4.98 Å². The van der Waals surface area contributed by atoms with E-state index in [1.165, 1.54) is 5.69 Å². The number of fused-ring (bicyclic) bond motifs is 1. The number of carbonyl (C=O) groups is 1. The number of piperazine rings is 1. The quantitative estimate of drug-likeness (QED) is 0.616. The third-order valence-electron chi connectivity index (χ3n) is 5.89. The van der Waals surface area contributed by atoms with Gasteiger partial charge in [0.05, 0.1) is 18.2 Å². The maximum Gasteiger partial charge on any atom is 0.146 e. The second-order valence-electron chi connectivity index (χ2n) is 7.95. The average Bonchev–Trinajstić information content (AvgIpc) is 3.35. The zero-order valence-electron chi connectivity index (χ0n) is 17.4. The summed E-state index contributed by atoms with van der Waals surface area (Å²) in [6.07, 6.45) is 7.97. The maximum atomic E-state index is 11.7. The number of furan rings is 1. The molecule has 1 aromatic carbocycles. The van der Waals surface area contributed by atoms with Crippen molar-refractivity contribution < 1.29 is 9.21 Å². The van der Waals surface area contributed by atoms with Gasteiger partial charge >= 0.3 is 0 Å². The molecule has 0 saturated carbocycles. The number of hydrogen-bond donors (Lipinski definition) is 2. The fourth-order valence-corrected chi connectivity index (χ4v) is 4.08. The van der Waals surface area contributed by atoms with Gasteiger partial charge in [0.15, 0.2) is 0 Å². The van der Waals surface area contributed by atoms with E-state index in [0.717, 1.165) is 60.5 Å². The Kier molecular flexibility index (Phi) is 5.18. The van der Waals surface area contributed by atoms with Crippen LogP contribution in [0.15, 0.2) is 59.5 Å². The Labute approximate surface area is 181 Å². The third kappa shape index (κ3) is 3.92. The van der Waals surface area contributed by atoms with Crippen LogP contribution in [0.4, 0.5) is 17.2 Å². The molecule has 1 saturated heterocycles. The van der Waals surface area contributed by atoms with Crippen LogP contribution >= 0.6 is 0 Å². The molecule has 31 heavy (non-hydrogen) atoms. The van der Waals surface area contributed by atoms with E-state index in [9.17, 15) is 4.79 Å². The van der Waals surface area contributed by atoms with Gasteiger partial charge in [0, 0.05) is 48.7 Å². The summed E-state index contributed by atoms with van der Waals surface area (Å²) in [6.45, 7) is 4.21. The maximum absolute atomic E-state index is 11.7. The van der Waals surface area contributed by atoms with E-state index >= 15 is 0 Å². The minimum atomic E-state index is -0.446. The van der Waals surface area contributed by atoms with Crippen LogP contribution in [0.5, 0.6) is 0 Å². The highest BCUT2D eigenvalue weighted by Crippen LogP contribution is 2.34. The molecule has 2 N–H and O–H groups in total. The summed E-state index contributed by atoms with van der Waals surface area (Å²) in [7, 11) is 2.16. The molecule has 2 aliphatic heterocycles. The molecule has 2 aromatic heterocycles. The number of benzene rings is 1. The number of carbonyl (C=O) groups excluding carboxylic acids is 1. The highest BCUT2D eigenvalue weighted by Gasteiger charge is 2.23. The third-order valence-corrected chi connectivity index (χ3v) is 5.89. The molecule has 1 unspecified atom stereocenters. The largest absolute Gasteiger partial charge is 0.472 e. The lowest BCUT2D eigenvalue weighted by atomic mass is 9.97. The molecule has 0 bridgehead atoms. The van der Waals surface area contributed by atoms with Gasteiger partial charge in [-0.15, -0.1) is 0 Å². The van der Waals surface area contributed by atoms with Crippen LogP contribution in [0, 0.1) is 0 Å². The number of nitrogens with one attached hydrogen (secondary N) is 2. The van der Waals surface area contributed by atoms with Gasteiger partial charge in [-0.3, -0.25) is 0 Å². The Morgan fingerprint density at radius 3 is 2.68 bits per heavy atom. The van der Waals surface area contributed by atoms with Gasteiger partial charge in [0.25, 0.3) is 0 Å². The van der Waals surface area contributed by atoms with Crippen LogP contribution < -0.4 is 15.5 Å². The van der Waals surface area contributed by atoms with Crippen molar-refractivity contribution in [3.8, 4) is 11.3 Å². The van der Waals surface area contributed by atoms with Crippen molar-refractivity contribution >= 4 is 29.6 Å². The zero-order chi connectivity index (χ0) is 21.2. The number of pyridine rings is 1. The molecule has 0 radical (unpaired) electrons. The molecular weight excluding hydrogens is 390 g/mol. The summed E-state index contributed by atoms with van der Waals surface area (Å²) in [6, 6.07) is 11.8. The Bertz CT molecular complexity index is 1080. The highest BCUT2D eigenvalue weighted by molar-refractivity contribution is 5.80. The van der Waals surface area contributed by atoms with Gasteiger partial charge in [-0.05, 0) is 61.3 Å². The van der Waals surface area contributed by atoms with Crippen LogP contribution in [0.2, 0.25) is 0 Å². The van der Waals surface area contributed by atoms with Gasteiger partial charge in [0.1, 0.15) is 18.1 Å². The van der Waals surface area contributed by atoms with Gasteiger partial charge in [-0.2, -0.15) is 0 Å². The van der Waals surface area contributed by atoms with Gasteiger partial charge in [-0.1, -0.05) is 0 Å². The minimum Gasteiger partial charge on any atom is -0.472 e. The molecular formula is C24H25N5O2. The van der Waals surface area contributed by atoms with Crippen molar-refractivity contribution in [1.82, 2.24) is 15.2 Å². The first-order valence-corrected chi connectivity index (χ1v) is 10.5. The number of likely N-dealkylation sites (N-methyl/N-ethyl adjacent to an activating group) is 1. The predicted molar refractivity (Wildman–Crippen MR) is 122 cm³/mol. The summed E-state index contributed by atoms with van der Waals surface area (Å²) in [5.74, 6) is 0.662. The Balaban J connectivity index is 1.46. The van der Waals surface area contributed by atoms with Gasteiger partial charge < -0.3 is 29.6 Å². The van der Waals surface area contributed by atoms with Crippen molar-refractivity contribution in [1.29, 1.82) is 0 Å². The molecule has 0 aliphatic carbocycles. The minimum absolute atomic E-state index is 0.446. The first-order valence-electron chi connectivity index (χ1n) is 10.5. The standard InChI is InChI=1S/C24H25N5O2/c1-28-9-11-29(12-10-28)20-4-2-19(3-5-20)26-24-23-17(6-8-25-22(23)15-30)14-21(27-24)18-7-13-31-16-18/h2-8,13-16,22,25H,9-12H2,1H3,(H,26,27). The first kappa shape index (κ1) is 19.4. The SMILES string of the molecule is CN1CCN(c2ccc(Nc3nc(-c4ccoc4)cc4c3C(C=O)NC=C4)cc2)CC1. The van der Waals surface area contributed by atoms with Crippen LogP contribution in [-0.2, 0) is 4.79 Å². The lowest BCUT2D eigenvalue weighted by Gasteiger charge is -2.34. The van der Waals surface area contributed by atoms with Gasteiger partial charge in [0.2, 0.25) is 0 Å². The fourth-order valence-electron chi connectivity index (χ4n) is 4.08. The van der Waals surface area contributed by atoms with Crippen molar-refractivity contribution in [3.05, 3.63) is 66.3 Å². The Hall–Kier alpha value is -3.58. The Morgan fingerprint density at radius 2 is 1.97 bits per heavy atom. The molecule has 0 amide bonds. The van der Waals surface area contributed by atoms with Crippen molar-refractivity contribution in [2.45, 2.75) is 6.04 Å². The molecule has 1 fully saturated rings. The van der Waals surface area contributed by atoms with Crippen LogP contribution in [0.1, 0.15) is 17.2 Å². The van der Waals surface area contributed by atoms with E-state index in [4.69, 9.17) is 9.40 Å². The lowest BCUT2D eigenvalue weighted by Crippen LogP contribution is -2.44. The summed E-state index contributed by atoms with van der Waals surface area (Å²) in [4.78, 5) is 21.3. The normalized spacial score (nSPS) is 18.4. The molecule has 158 valence electrons. The van der Waals surface area contributed by atoms with E-state index in [2.05, 4.69) is 51.7 Å². The number of hydrogen-bond acceptors (Lipinski definition) is 7. The van der Waals surface area contributed by atoms with Crippen LogP contribution in [0.25, 0.3) is 17.3 Å². The van der Waals surface area contributed by atoms with Crippen molar-refractivity contribution in [3.63, 3.8) is 0 Å². The second-order valence-corrected chi connectivity index (χ2v) is 7.95. The average molecular weight is 415 g/mol. The van der Waals surface area contributed by atoms with Crippen molar-refractivity contribution in [2.75, 3.05) is 43.4 Å². The molecule has 7 nitrogen and oxygen atoms in total. The topological polar surface area (TPSA) is 73.6 Å².